The van der Waals surface area contributed by atoms with Crippen molar-refractivity contribution < 1.29 is 4.74 Å². The number of halogens is 1. The maximum absolute atomic E-state index is 6.20. The average Bonchev–Trinajstić information content (AvgIpc) is 2.42. The highest BCUT2D eigenvalue weighted by molar-refractivity contribution is 6.33. The maximum atomic E-state index is 6.20. The van der Waals surface area contributed by atoms with E-state index in [0.717, 1.165) is 13.2 Å². The molecular weight excluding hydrogens is 260 g/mol. The largest absolute Gasteiger partial charge is 0.398 e. The molecular formula is C15H21ClN2O. The Morgan fingerprint density at radius 1 is 1.32 bits per heavy atom. The number of nitrogens with two attached hydrogens (primary N) is 1. The van der Waals surface area contributed by atoms with Gasteiger partial charge in [-0.3, -0.25) is 0 Å². The average molecular weight is 281 g/mol. The van der Waals surface area contributed by atoms with Crippen LogP contribution in [0.1, 0.15) is 31.2 Å². The van der Waals surface area contributed by atoms with E-state index in [0.29, 0.717) is 22.9 Å². The topological polar surface area (TPSA) is 38.5 Å². The Hall–Kier alpha value is -0.930. The van der Waals surface area contributed by atoms with E-state index in [4.69, 9.17) is 22.1 Å². The second-order valence-corrected chi connectivity index (χ2v) is 6.02. The Morgan fingerprint density at radius 3 is 2.95 bits per heavy atom. The molecule has 0 amide bonds. The van der Waals surface area contributed by atoms with Crippen LogP contribution >= 0.6 is 11.6 Å². The first-order chi connectivity index (χ1) is 9.16. The number of nitrogens with zero attached hydrogens (tertiary/aromatic N) is 1. The number of fused-ring (bicyclic) bond motifs is 1. The van der Waals surface area contributed by atoms with E-state index in [1.165, 1.54) is 36.9 Å². The van der Waals surface area contributed by atoms with Crippen LogP contribution in [0.25, 0.3) is 0 Å². The van der Waals surface area contributed by atoms with Gasteiger partial charge in [0.2, 0.25) is 0 Å². The maximum Gasteiger partial charge on any atom is 0.0779 e. The second-order valence-electron chi connectivity index (χ2n) is 5.61. The third-order valence-corrected chi connectivity index (χ3v) is 4.68. The molecule has 104 valence electrons. The fraction of sp³-hybridized carbons (Fsp3) is 0.600. The van der Waals surface area contributed by atoms with Crippen LogP contribution in [0, 0.1) is 6.92 Å². The van der Waals surface area contributed by atoms with Gasteiger partial charge in [-0.25, -0.2) is 0 Å². The van der Waals surface area contributed by atoms with Crippen molar-refractivity contribution in [2.75, 3.05) is 23.8 Å². The van der Waals surface area contributed by atoms with Crippen LogP contribution in [-0.2, 0) is 4.74 Å². The molecule has 1 aliphatic carbocycles. The fourth-order valence-electron chi connectivity index (χ4n) is 3.40. The number of nitrogen functional groups attached to an aromatic ring is 1. The number of hydrogen-bond acceptors (Lipinski definition) is 3. The highest BCUT2D eigenvalue weighted by Gasteiger charge is 2.34. The van der Waals surface area contributed by atoms with Crippen LogP contribution in [0.3, 0.4) is 0 Å². The summed E-state index contributed by atoms with van der Waals surface area (Å²) < 4.78 is 5.93. The Balaban J connectivity index is 1.93. The SMILES string of the molecule is Cc1cc(N)c(Cl)cc1N1CCOC2CCCCC21. The lowest BCUT2D eigenvalue weighted by Crippen LogP contribution is -2.53. The van der Waals surface area contributed by atoms with Crippen LogP contribution in [0.4, 0.5) is 11.4 Å². The molecule has 1 aliphatic heterocycles. The monoisotopic (exact) mass is 280 g/mol. The highest BCUT2D eigenvalue weighted by Crippen LogP contribution is 2.36. The third kappa shape index (κ3) is 2.41. The molecule has 2 N–H and O–H groups in total. The van der Waals surface area contributed by atoms with Gasteiger partial charge in [0.25, 0.3) is 0 Å². The van der Waals surface area contributed by atoms with Gasteiger partial charge in [-0.1, -0.05) is 24.4 Å². The van der Waals surface area contributed by atoms with E-state index >= 15 is 0 Å². The minimum Gasteiger partial charge on any atom is -0.398 e. The van der Waals surface area contributed by atoms with Crippen molar-refractivity contribution in [3.05, 3.63) is 22.7 Å². The quantitative estimate of drug-likeness (QED) is 0.802. The highest BCUT2D eigenvalue weighted by atomic mass is 35.5. The summed E-state index contributed by atoms with van der Waals surface area (Å²) in [6, 6.07) is 4.50. The molecule has 0 aromatic heterocycles. The van der Waals surface area contributed by atoms with E-state index < -0.39 is 0 Å². The molecule has 1 aromatic carbocycles. The van der Waals surface area contributed by atoms with Gasteiger partial charge in [0.05, 0.1) is 29.5 Å². The van der Waals surface area contributed by atoms with Crippen LogP contribution < -0.4 is 10.6 Å². The van der Waals surface area contributed by atoms with E-state index in [2.05, 4.69) is 11.8 Å². The fourth-order valence-corrected chi connectivity index (χ4v) is 3.56. The van der Waals surface area contributed by atoms with Crippen LogP contribution in [0.5, 0.6) is 0 Å². The standard InChI is InChI=1S/C15H21ClN2O/c1-10-8-12(17)11(16)9-14(10)18-6-7-19-15-5-3-2-4-13(15)18/h8-9,13,15H,2-7,17H2,1H3. The summed E-state index contributed by atoms with van der Waals surface area (Å²) in [4.78, 5) is 2.48. The summed E-state index contributed by atoms with van der Waals surface area (Å²) in [5.74, 6) is 0. The number of hydrogen-bond donors (Lipinski definition) is 1. The Labute approximate surface area is 119 Å². The zero-order chi connectivity index (χ0) is 13.4. The molecule has 1 heterocycles. The lowest BCUT2D eigenvalue weighted by Gasteiger charge is -2.45. The minimum absolute atomic E-state index is 0.387. The molecule has 3 nitrogen and oxygen atoms in total. The van der Waals surface area contributed by atoms with Crippen molar-refractivity contribution in [1.29, 1.82) is 0 Å². The number of anilines is 2. The van der Waals surface area contributed by atoms with Gasteiger partial charge in [0.1, 0.15) is 0 Å². The van der Waals surface area contributed by atoms with Crippen molar-refractivity contribution >= 4 is 23.0 Å². The molecule has 3 rings (SSSR count). The summed E-state index contributed by atoms with van der Waals surface area (Å²) >= 11 is 6.20. The molecule has 19 heavy (non-hydrogen) atoms. The molecule has 2 unspecified atom stereocenters. The molecule has 0 radical (unpaired) electrons. The Kier molecular flexibility index (Phi) is 3.59. The number of morpholine rings is 1. The van der Waals surface area contributed by atoms with Crippen LogP contribution in [0.2, 0.25) is 5.02 Å². The molecule has 2 aliphatic rings. The smallest absolute Gasteiger partial charge is 0.0779 e. The molecule has 1 saturated carbocycles. The predicted octanol–water partition coefficient (Wildman–Crippen LogP) is 3.38. The zero-order valence-corrected chi connectivity index (χ0v) is 12.1. The van der Waals surface area contributed by atoms with Crippen molar-refractivity contribution in [3.63, 3.8) is 0 Å². The molecule has 2 fully saturated rings. The predicted molar refractivity (Wildman–Crippen MR) is 79.9 cm³/mol. The van der Waals surface area contributed by atoms with Crippen LogP contribution in [-0.4, -0.2) is 25.3 Å². The Bertz CT molecular complexity index is 475. The molecule has 0 bridgehead atoms. The van der Waals surface area contributed by atoms with Crippen molar-refractivity contribution in [2.24, 2.45) is 0 Å². The summed E-state index contributed by atoms with van der Waals surface area (Å²) in [5, 5.41) is 0.652. The molecule has 1 aromatic rings. The van der Waals surface area contributed by atoms with Gasteiger partial charge in [-0.15, -0.1) is 0 Å². The zero-order valence-electron chi connectivity index (χ0n) is 11.4. The van der Waals surface area contributed by atoms with Gasteiger partial charge in [-0.2, -0.15) is 0 Å². The van der Waals surface area contributed by atoms with E-state index in [-0.39, 0.29) is 0 Å². The molecule has 4 heteroatoms. The first-order valence-corrected chi connectivity index (χ1v) is 7.48. The third-order valence-electron chi connectivity index (χ3n) is 4.36. The number of rotatable bonds is 1. The lowest BCUT2D eigenvalue weighted by atomic mass is 9.89. The number of ether oxygens (including phenoxy) is 1. The summed E-state index contributed by atoms with van der Waals surface area (Å²) in [7, 11) is 0. The second kappa shape index (κ2) is 5.22. The van der Waals surface area contributed by atoms with Crippen LogP contribution in [0.15, 0.2) is 12.1 Å². The number of benzene rings is 1. The minimum atomic E-state index is 0.387. The van der Waals surface area contributed by atoms with Crippen molar-refractivity contribution in [3.8, 4) is 0 Å². The van der Waals surface area contributed by atoms with E-state index in [1.54, 1.807) is 0 Å². The normalized spacial score (nSPS) is 27.2. The van der Waals surface area contributed by atoms with Crippen molar-refractivity contribution in [1.82, 2.24) is 0 Å². The van der Waals surface area contributed by atoms with Gasteiger partial charge in [-0.05, 0) is 37.5 Å². The van der Waals surface area contributed by atoms with Crippen molar-refractivity contribution in [2.45, 2.75) is 44.8 Å². The first-order valence-electron chi connectivity index (χ1n) is 7.10. The lowest BCUT2D eigenvalue weighted by molar-refractivity contribution is -0.00871. The van der Waals surface area contributed by atoms with Gasteiger partial charge in [0.15, 0.2) is 0 Å². The molecule has 0 spiro atoms. The molecule has 1 saturated heterocycles. The van der Waals surface area contributed by atoms with Gasteiger partial charge >= 0.3 is 0 Å². The number of aryl methyl sites for hydroxylation is 1. The summed E-state index contributed by atoms with van der Waals surface area (Å²) in [6.45, 7) is 3.86. The summed E-state index contributed by atoms with van der Waals surface area (Å²) in [5.41, 5.74) is 8.96. The van der Waals surface area contributed by atoms with E-state index in [9.17, 15) is 0 Å². The van der Waals surface area contributed by atoms with E-state index in [1.807, 2.05) is 12.1 Å². The van der Waals surface area contributed by atoms with Gasteiger partial charge in [0, 0.05) is 12.2 Å². The first kappa shape index (κ1) is 13.1. The van der Waals surface area contributed by atoms with Gasteiger partial charge < -0.3 is 15.4 Å². The Morgan fingerprint density at radius 2 is 2.11 bits per heavy atom. The molecule has 2 atom stereocenters. The summed E-state index contributed by atoms with van der Waals surface area (Å²) in [6.07, 6.45) is 5.37.